The molecule has 1 unspecified atom stereocenters. The minimum atomic E-state index is 0.412. The molecule has 1 aliphatic carbocycles. The third kappa shape index (κ3) is 2.29. The van der Waals surface area contributed by atoms with Crippen LogP contribution in [0.5, 0.6) is 0 Å². The highest BCUT2D eigenvalue weighted by atomic mass is 79.9. The lowest BCUT2D eigenvalue weighted by Crippen LogP contribution is -2.02. The fraction of sp³-hybridized carbons (Fsp3) is 0.176. The number of rotatable bonds is 2. The number of hydrogen-bond acceptors (Lipinski definition) is 2. The summed E-state index contributed by atoms with van der Waals surface area (Å²) >= 11 is 3.41. The molecular weight excluding hydrogens is 326 g/mol. The number of benzene rings is 1. The van der Waals surface area contributed by atoms with Crippen LogP contribution < -0.4 is 0 Å². The summed E-state index contributed by atoms with van der Waals surface area (Å²) in [6.45, 7) is 0. The summed E-state index contributed by atoms with van der Waals surface area (Å²) in [5, 5.41) is 4.79. The smallest absolute Gasteiger partial charge is 0.154 e. The topological polar surface area (TPSA) is 30.7 Å². The summed E-state index contributed by atoms with van der Waals surface area (Å²) in [6.07, 6.45) is 4.35. The van der Waals surface area contributed by atoms with Crippen molar-refractivity contribution in [2.24, 2.45) is 0 Å². The average molecular weight is 340 g/mol. The molecule has 1 aliphatic rings. The molecule has 3 nitrogen and oxygen atoms in total. The Morgan fingerprint density at radius 2 is 1.90 bits per heavy atom. The Bertz CT molecular complexity index is 780. The van der Waals surface area contributed by atoms with Gasteiger partial charge in [-0.2, -0.15) is 5.10 Å². The molecule has 0 saturated heterocycles. The van der Waals surface area contributed by atoms with Crippen LogP contribution in [0.15, 0.2) is 59.3 Å². The first kappa shape index (κ1) is 12.8. The highest BCUT2D eigenvalue weighted by Gasteiger charge is 2.27. The lowest BCUT2D eigenvalue weighted by Gasteiger charge is -2.09. The Hall–Kier alpha value is -1.94. The van der Waals surface area contributed by atoms with E-state index in [1.165, 1.54) is 16.8 Å². The predicted octanol–water partition coefficient (Wildman–Crippen LogP) is 4.11. The highest BCUT2D eigenvalue weighted by Crippen LogP contribution is 2.37. The minimum absolute atomic E-state index is 0.412. The number of pyridine rings is 1. The van der Waals surface area contributed by atoms with Crippen LogP contribution in [0.1, 0.15) is 29.2 Å². The molecule has 0 aliphatic heterocycles. The van der Waals surface area contributed by atoms with Gasteiger partial charge in [-0.1, -0.05) is 36.4 Å². The number of nitrogens with zero attached hydrogens (tertiary/aromatic N) is 3. The first-order chi connectivity index (χ1) is 10.3. The maximum Gasteiger partial charge on any atom is 0.154 e. The molecule has 0 radical (unpaired) electrons. The van der Waals surface area contributed by atoms with Crippen LogP contribution in [-0.2, 0) is 6.42 Å². The Morgan fingerprint density at radius 3 is 2.71 bits per heavy atom. The fourth-order valence-corrected chi connectivity index (χ4v) is 3.33. The number of aryl methyl sites for hydroxylation is 1. The third-order valence-electron chi connectivity index (χ3n) is 3.99. The maximum absolute atomic E-state index is 4.79. The van der Waals surface area contributed by atoms with Crippen molar-refractivity contribution in [1.82, 2.24) is 14.8 Å². The van der Waals surface area contributed by atoms with E-state index in [2.05, 4.69) is 57.4 Å². The first-order valence-corrected chi connectivity index (χ1v) is 7.87. The van der Waals surface area contributed by atoms with Gasteiger partial charge in [-0.25, -0.2) is 9.67 Å². The molecule has 4 rings (SSSR count). The molecule has 1 aromatic carbocycles. The van der Waals surface area contributed by atoms with Crippen molar-refractivity contribution >= 4 is 15.9 Å². The molecule has 2 heterocycles. The Kier molecular flexibility index (Phi) is 3.11. The van der Waals surface area contributed by atoms with E-state index in [0.29, 0.717) is 5.92 Å². The van der Waals surface area contributed by atoms with Gasteiger partial charge >= 0.3 is 0 Å². The summed E-state index contributed by atoms with van der Waals surface area (Å²) in [6, 6.07) is 16.5. The number of hydrogen-bond donors (Lipinski definition) is 0. The second-order valence-corrected chi connectivity index (χ2v) is 6.12. The van der Waals surface area contributed by atoms with Crippen molar-refractivity contribution in [2.45, 2.75) is 18.8 Å². The Morgan fingerprint density at radius 1 is 1.05 bits per heavy atom. The van der Waals surface area contributed by atoms with E-state index in [0.717, 1.165) is 23.3 Å². The molecule has 21 heavy (non-hydrogen) atoms. The van der Waals surface area contributed by atoms with Crippen molar-refractivity contribution in [1.29, 1.82) is 0 Å². The molecule has 0 spiro atoms. The van der Waals surface area contributed by atoms with Crippen LogP contribution in [0.2, 0.25) is 0 Å². The van der Waals surface area contributed by atoms with Crippen LogP contribution in [0.4, 0.5) is 0 Å². The van der Waals surface area contributed by atoms with Crippen molar-refractivity contribution in [2.75, 3.05) is 0 Å². The standard InChI is InChI=1S/C17H14BrN3/c18-15-7-4-8-16(19-15)21-11-13-9-10-14(17(13)20-21)12-5-2-1-3-6-12/h1-8,11,14H,9-10H2. The van der Waals surface area contributed by atoms with Gasteiger partial charge in [-0.05, 0) is 52.0 Å². The average Bonchev–Trinajstić information content (AvgIpc) is 3.08. The molecule has 0 N–H and O–H groups in total. The van der Waals surface area contributed by atoms with Crippen molar-refractivity contribution in [3.05, 3.63) is 76.2 Å². The molecule has 1 atom stereocenters. The van der Waals surface area contributed by atoms with Crippen molar-refractivity contribution in [3.63, 3.8) is 0 Å². The van der Waals surface area contributed by atoms with E-state index in [4.69, 9.17) is 5.10 Å². The molecular formula is C17H14BrN3. The Balaban J connectivity index is 1.74. The van der Waals surface area contributed by atoms with Gasteiger partial charge in [0.15, 0.2) is 5.82 Å². The van der Waals surface area contributed by atoms with E-state index in [-0.39, 0.29) is 0 Å². The van der Waals surface area contributed by atoms with E-state index in [1.807, 2.05) is 22.9 Å². The molecule has 0 saturated carbocycles. The summed E-state index contributed by atoms with van der Waals surface area (Å²) in [5.74, 6) is 1.26. The fourth-order valence-electron chi connectivity index (χ4n) is 3.00. The normalized spacial score (nSPS) is 16.9. The zero-order valence-electron chi connectivity index (χ0n) is 11.4. The number of aromatic nitrogens is 3. The highest BCUT2D eigenvalue weighted by molar-refractivity contribution is 9.10. The van der Waals surface area contributed by atoms with E-state index in [1.54, 1.807) is 0 Å². The summed E-state index contributed by atoms with van der Waals surface area (Å²) in [7, 11) is 0. The summed E-state index contributed by atoms with van der Waals surface area (Å²) in [4.78, 5) is 4.47. The zero-order valence-corrected chi connectivity index (χ0v) is 13.0. The molecule has 4 heteroatoms. The molecule has 0 bridgehead atoms. The van der Waals surface area contributed by atoms with Crippen LogP contribution in [0.25, 0.3) is 5.82 Å². The largest absolute Gasteiger partial charge is 0.222 e. The van der Waals surface area contributed by atoms with Gasteiger partial charge in [0.25, 0.3) is 0 Å². The SMILES string of the molecule is Brc1cccc(-n2cc3c(n2)C(c2ccccc2)CC3)n1. The van der Waals surface area contributed by atoms with Gasteiger partial charge < -0.3 is 0 Å². The van der Waals surface area contributed by atoms with Crippen LogP contribution in [0, 0.1) is 0 Å². The monoisotopic (exact) mass is 339 g/mol. The first-order valence-electron chi connectivity index (χ1n) is 7.07. The van der Waals surface area contributed by atoms with Gasteiger partial charge in [-0.15, -0.1) is 0 Å². The van der Waals surface area contributed by atoms with Gasteiger partial charge in [-0.3, -0.25) is 0 Å². The van der Waals surface area contributed by atoms with E-state index < -0.39 is 0 Å². The molecule has 0 amide bonds. The molecule has 104 valence electrons. The van der Waals surface area contributed by atoms with Gasteiger partial charge in [0.1, 0.15) is 4.60 Å². The molecule has 0 fully saturated rings. The van der Waals surface area contributed by atoms with Gasteiger partial charge in [0.05, 0.1) is 5.69 Å². The van der Waals surface area contributed by atoms with Crippen molar-refractivity contribution < 1.29 is 0 Å². The number of halogens is 1. The maximum atomic E-state index is 4.79. The van der Waals surface area contributed by atoms with E-state index >= 15 is 0 Å². The lowest BCUT2D eigenvalue weighted by atomic mass is 9.97. The minimum Gasteiger partial charge on any atom is -0.222 e. The van der Waals surface area contributed by atoms with Crippen LogP contribution >= 0.6 is 15.9 Å². The second-order valence-electron chi connectivity index (χ2n) is 5.30. The zero-order chi connectivity index (χ0) is 14.2. The quantitative estimate of drug-likeness (QED) is 0.658. The van der Waals surface area contributed by atoms with Gasteiger partial charge in [0.2, 0.25) is 0 Å². The van der Waals surface area contributed by atoms with Crippen LogP contribution in [0.3, 0.4) is 0 Å². The molecule has 3 aromatic rings. The van der Waals surface area contributed by atoms with Crippen LogP contribution in [-0.4, -0.2) is 14.8 Å². The Labute approximate surface area is 131 Å². The van der Waals surface area contributed by atoms with Gasteiger partial charge in [0, 0.05) is 12.1 Å². The lowest BCUT2D eigenvalue weighted by molar-refractivity contribution is 0.719. The predicted molar refractivity (Wildman–Crippen MR) is 85.7 cm³/mol. The number of fused-ring (bicyclic) bond motifs is 1. The second kappa shape index (κ2) is 5.11. The third-order valence-corrected chi connectivity index (χ3v) is 4.43. The molecule has 2 aromatic heterocycles. The summed E-state index contributed by atoms with van der Waals surface area (Å²) < 4.78 is 2.72. The van der Waals surface area contributed by atoms with Crippen molar-refractivity contribution in [3.8, 4) is 5.82 Å². The van der Waals surface area contributed by atoms with E-state index in [9.17, 15) is 0 Å². The summed E-state index contributed by atoms with van der Waals surface area (Å²) in [5.41, 5.74) is 3.89.